The third kappa shape index (κ3) is 3.47. The van der Waals surface area contributed by atoms with Gasteiger partial charge in [-0.1, -0.05) is 30.3 Å². The third-order valence-electron chi connectivity index (χ3n) is 6.13. The summed E-state index contributed by atoms with van der Waals surface area (Å²) in [5, 5.41) is 1.37. The molecule has 0 unspecified atom stereocenters. The molecule has 2 aromatic carbocycles. The van der Waals surface area contributed by atoms with Crippen LogP contribution in [0.2, 0.25) is 0 Å². The zero-order valence-electron chi connectivity index (χ0n) is 17.0. The number of nitrogens with one attached hydrogen (secondary N) is 3. The fraction of sp³-hybridized carbons (Fsp3) is 0.391. The summed E-state index contributed by atoms with van der Waals surface area (Å²) in [5.41, 5.74) is 6.70. The molecule has 4 rings (SSSR count). The Kier molecular flexibility index (Phi) is 4.94. The second-order valence-electron chi connectivity index (χ2n) is 8.24. The van der Waals surface area contributed by atoms with Crippen LogP contribution in [0.15, 0.2) is 48.5 Å². The molecule has 4 nitrogen and oxygen atoms in total. The molecule has 0 amide bonds. The van der Waals surface area contributed by atoms with E-state index in [0.29, 0.717) is 6.04 Å². The first kappa shape index (κ1) is 18.1. The van der Waals surface area contributed by atoms with Crippen LogP contribution in [0.4, 0.5) is 5.69 Å². The fourth-order valence-corrected chi connectivity index (χ4v) is 4.53. The Hall–Kier alpha value is -2.30. The van der Waals surface area contributed by atoms with Crippen LogP contribution in [0.25, 0.3) is 10.9 Å². The lowest BCUT2D eigenvalue weighted by molar-refractivity contribution is -1.02. The molecule has 1 atom stereocenters. The van der Waals surface area contributed by atoms with Crippen molar-refractivity contribution in [1.29, 1.82) is 0 Å². The van der Waals surface area contributed by atoms with Gasteiger partial charge in [0.15, 0.2) is 0 Å². The Morgan fingerprint density at radius 1 is 0.926 bits per heavy atom. The minimum atomic E-state index is 0.380. The number of likely N-dealkylation sites (N-methyl/N-ethyl adjacent to an activating group) is 1. The van der Waals surface area contributed by atoms with Gasteiger partial charge in [0.25, 0.3) is 0 Å². The number of fused-ring (bicyclic) bond motifs is 1. The van der Waals surface area contributed by atoms with Gasteiger partial charge in [0.1, 0.15) is 32.2 Å². The number of para-hydroxylation sites is 1. The molecule has 0 saturated carbocycles. The van der Waals surface area contributed by atoms with E-state index >= 15 is 0 Å². The molecule has 1 fully saturated rings. The van der Waals surface area contributed by atoms with Gasteiger partial charge >= 0.3 is 0 Å². The second kappa shape index (κ2) is 7.37. The van der Waals surface area contributed by atoms with Crippen molar-refractivity contribution >= 4 is 16.6 Å². The lowest BCUT2D eigenvalue weighted by Gasteiger charge is -2.34. The van der Waals surface area contributed by atoms with Gasteiger partial charge in [-0.2, -0.15) is 0 Å². The summed E-state index contributed by atoms with van der Waals surface area (Å²) in [7, 11) is 6.52. The summed E-state index contributed by atoms with van der Waals surface area (Å²) in [6.07, 6.45) is 0. The van der Waals surface area contributed by atoms with E-state index < -0.39 is 0 Å². The van der Waals surface area contributed by atoms with Crippen LogP contribution in [0.3, 0.4) is 0 Å². The largest absolute Gasteiger partial charge is 0.378 e. The van der Waals surface area contributed by atoms with Gasteiger partial charge < -0.3 is 19.7 Å². The molecule has 1 aromatic heterocycles. The zero-order chi connectivity index (χ0) is 19.0. The smallest absolute Gasteiger partial charge is 0.142 e. The first-order valence-electron chi connectivity index (χ1n) is 10.0. The average molecular weight is 365 g/mol. The highest BCUT2D eigenvalue weighted by Gasteiger charge is 2.33. The molecule has 4 heteroatoms. The maximum atomic E-state index is 3.63. The summed E-state index contributed by atoms with van der Waals surface area (Å²) in [6.45, 7) is 7.14. The number of hydrogen-bond acceptors (Lipinski definition) is 1. The van der Waals surface area contributed by atoms with E-state index in [1.807, 2.05) is 0 Å². The van der Waals surface area contributed by atoms with Crippen LogP contribution >= 0.6 is 0 Å². The Bertz CT molecular complexity index is 902. The van der Waals surface area contributed by atoms with E-state index in [1.165, 1.54) is 59.6 Å². The Morgan fingerprint density at radius 2 is 1.59 bits per heavy atom. The number of rotatable bonds is 4. The van der Waals surface area contributed by atoms with Gasteiger partial charge in [0.05, 0.1) is 7.05 Å². The minimum Gasteiger partial charge on any atom is -0.378 e. The lowest BCUT2D eigenvalue weighted by atomic mass is 9.93. The molecule has 0 aliphatic carbocycles. The summed E-state index contributed by atoms with van der Waals surface area (Å²) in [4.78, 5) is 9.13. The summed E-state index contributed by atoms with van der Waals surface area (Å²) in [5.74, 6) is 0. The monoisotopic (exact) mass is 364 g/mol. The molecular weight excluding hydrogens is 332 g/mol. The molecule has 3 aromatic rings. The number of aromatic nitrogens is 1. The van der Waals surface area contributed by atoms with E-state index in [-0.39, 0.29) is 0 Å². The van der Waals surface area contributed by atoms with Gasteiger partial charge in [-0.3, -0.25) is 0 Å². The average Bonchev–Trinajstić information content (AvgIpc) is 3.00. The maximum absolute atomic E-state index is 3.63. The van der Waals surface area contributed by atoms with Gasteiger partial charge in [0, 0.05) is 47.5 Å². The van der Waals surface area contributed by atoms with Gasteiger partial charge in [-0.25, -0.2) is 0 Å². The highest BCUT2D eigenvalue weighted by atomic mass is 15.3. The quantitative estimate of drug-likeness (QED) is 0.634. The number of benzene rings is 2. The predicted molar refractivity (Wildman–Crippen MR) is 113 cm³/mol. The van der Waals surface area contributed by atoms with E-state index in [0.717, 1.165) is 0 Å². The first-order chi connectivity index (χ1) is 13.0. The molecule has 0 bridgehead atoms. The van der Waals surface area contributed by atoms with Crippen molar-refractivity contribution < 1.29 is 9.80 Å². The first-order valence-corrected chi connectivity index (χ1v) is 10.0. The van der Waals surface area contributed by atoms with E-state index in [9.17, 15) is 0 Å². The van der Waals surface area contributed by atoms with Crippen LogP contribution in [0.5, 0.6) is 0 Å². The topological polar surface area (TPSA) is 27.9 Å². The van der Waals surface area contributed by atoms with Crippen LogP contribution in [-0.4, -0.2) is 52.3 Å². The predicted octanol–water partition coefficient (Wildman–Crippen LogP) is 1.04. The SMILES string of the molecule is Cc1[nH]c2ccccc2c1[C@@H](c1ccc(N(C)C)cc1)[NH+]1CC[NH+](C)CC1. The van der Waals surface area contributed by atoms with Crippen LogP contribution in [0, 0.1) is 6.92 Å². The van der Waals surface area contributed by atoms with Crippen LogP contribution in [0.1, 0.15) is 22.9 Å². The fourth-order valence-electron chi connectivity index (χ4n) is 4.53. The number of nitrogens with zero attached hydrogens (tertiary/aromatic N) is 1. The molecule has 0 radical (unpaired) electrons. The molecule has 1 aliphatic rings. The maximum Gasteiger partial charge on any atom is 0.142 e. The molecule has 1 aliphatic heterocycles. The number of aryl methyl sites for hydroxylation is 1. The summed E-state index contributed by atoms with van der Waals surface area (Å²) >= 11 is 0. The molecule has 3 N–H and O–H groups in total. The van der Waals surface area contributed by atoms with Crippen LogP contribution in [-0.2, 0) is 0 Å². The number of piperazine rings is 1. The summed E-state index contributed by atoms with van der Waals surface area (Å²) < 4.78 is 0. The Morgan fingerprint density at radius 3 is 2.26 bits per heavy atom. The highest BCUT2D eigenvalue weighted by Crippen LogP contribution is 2.31. The molecule has 142 valence electrons. The van der Waals surface area contributed by atoms with E-state index in [1.54, 1.807) is 9.80 Å². The molecule has 27 heavy (non-hydrogen) atoms. The van der Waals surface area contributed by atoms with Crippen molar-refractivity contribution in [2.75, 3.05) is 52.2 Å². The number of hydrogen-bond donors (Lipinski definition) is 3. The molecule has 2 heterocycles. The number of H-pyrrole nitrogens is 1. The van der Waals surface area contributed by atoms with Gasteiger partial charge in [0.2, 0.25) is 0 Å². The number of anilines is 1. The van der Waals surface area contributed by atoms with Crippen molar-refractivity contribution in [2.24, 2.45) is 0 Å². The van der Waals surface area contributed by atoms with Crippen molar-refractivity contribution in [2.45, 2.75) is 13.0 Å². The van der Waals surface area contributed by atoms with Crippen LogP contribution < -0.4 is 14.7 Å². The summed E-state index contributed by atoms with van der Waals surface area (Å²) in [6, 6.07) is 18.3. The highest BCUT2D eigenvalue weighted by molar-refractivity contribution is 5.85. The molecular formula is C23H32N4+2. The van der Waals surface area contributed by atoms with E-state index in [4.69, 9.17) is 0 Å². The standard InChI is InChI=1S/C23H30N4/c1-17-22(20-7-5-6-8-21(20)24-17)23(27-15-13-26(4)14-16-27)18-9-11-19(12-10-18)25(2)3/h5-12,23-24H,13-16H2,1-4H3/p+2/t23-/m1/s1. The Labute approximate surface area is 162 Å². The molecule has 0 spiro atoms. The normalized spacial score (nSPS) is 21.3. The van der Waals surface area contributed by atoms with Crippen molar-refractivity contribution in [3.63, 3.8) is 0 Å². The zero-order valence-corrected chi connectivity index (χ0v) is 17.0. The van der Waals surface area contributed by atoms with Crippen molar-refractivity contribution in [3.8, 4) is 0 Å². The number of aromatic amines is 1. The Balaban J connectivity index is 1.81. The number of quaternary nitrogens is 2. The van der Waals surface area contributed by atoms with E-state index in [2.05, 4.69) is 86.5 Å². The minimum absolute atomic E-state index is 0.380. The van der Waals surface area contributed by atoms with Crippen molar-refractivity contribution in [1.82, 2.24) is 4.98 Å². The third-order valence-corrected chi connectivity index (χ3v) is 6.13. The van der Waals surface area contributed by atoms with Gasteiger partial charge in [-0.15, -0.1) is 0 Å². The lowest BCUT2D eigenvalue weighted by Crippen LogP contribution is -3.27. The van der Waals surface area contributed by atoms with Crippen molar-refractivity contribution in [3.05, 3.63) is 65.4 Å². The van der Waals surface area contributed by atoms with Gasteiger partial charge in [-0.05, 0) is 25.1 Å². The second-order valence-corrected chi connectivity index (χ2v) is 8.24. The molecule has 1 saturated heterocycles.